The fraction of sp³-hybridized carbons (Fsp3) is 0.263. The molecule has 0 radical (unpaired) electrons. The summed E-state index contributed by atoms with van der Waals surface area (Å²) in [6.07, 6.45) is 5.54. The standard InChI is InChI=1S/C19H20N4O2S/c1-14-17(20-19(26-14)22-9-11-25-12-10-22)8-7-15-13-23(21-18(15)24)16-5-3-2-4-6-16/h2-8,13H,9-12H2,1H3,(H,21,24)/b8-7+. The smallest absolute Gasteiger partial charge is 0.271 e. The van der Waals surface area contributed by atoms with E-state index < -0.39 is 0 Å². The number of thiazole rings is 1. The van der Waals surface area contributed by atoms with Crippen molar-refractivity contribution in [2.45, 2.75) is 6.92 Å². The van der Waals surface area contributed by atoms with Crippen LogP contribution in [0.3, 0.4) is 0 Å². The highest BCUT2D eigenvalue weighted by Gasteiger charge is 2.16. The summed E-state index contributed by atoms with van der Waals surface area (Å²) in [6.45, 7) is 5.28. The molecule has 1 aromatic carbocycles. The molecule has 1 N–H and O–H groups in total. The van der Waals surface area contributed by atoms with E-state index in [0.29, 0.717) is 5.56 Å². The summed E-state index contributed by atoms with van der Waals surface area (Å²) in [6, 6.07) is 9.72. The number of rotatable bonds is 4. The fourth-order valence-corrected chi connectivity index (χ4v) is 3.81. The van der Waals surface area contributed by atoms with E-state index >= 15 is 0 Å². The molecule has 26 heavy (non-hydrogen) atoms. The van der Waals surface area contributed by atoms with Gasteiger partial charge in [-0.25, -0.2) is 4.98 Å². The summed E-state index contributed by atoms with van der Waals surface area (Å²) in [4.78, 5) is 20.3. The number of nitrogens with zero attached hydrogens (tertiary/aromatic N) is 3. The number of nitrogens with one attached hydrogen (secondary N) is 1. The van der Waals surface area contributed by atoms with Gasteiger partial charge in [-0.05, 0) is 31.2 Å². The lowest BCUT2D eigenvalue weighted by Gasteiger charge is -2.25. The van der Waals surface area contributed by atoms with Gasteiger partial charge in [-0.1, -0.05) is 18.2 Å². The molecule has 0 spiro atoms. The SMILES string of the molecule is Cc1sc(N2CCOCC2)nc1/C=C/c1cn(-c2ccccc2)[nH]c1=O. The predicted octanol–water partition coefficient (Wildman–Crippen LogP) is 2.94. The first-order valence-corrected chi connectivity index (χ1v) is 9.37. The minimum atomic E-state index is -0.119. The molecule has 0 atom stereocenters. The van der Waals surface area contributed by atoms with Crippen molar-refractivity contribution in [2.24, 2.45) is 0 Å². The van der Waals surface area contributed by atoms with Crippen molar-refractivity contribution in [3.05, 3.63) is 63.0 Å². The molecule has 0 aliphatic carbocycles. The van der Waals surface area contributed by atoms with Crippen molar-refractivity contribution in [1.29, 1.82) is 0 Å². The zero-order valence-electron chi connectivity index (χ0n) is 14.5. The topological polar surface area (TPSA) is 63.1 Å². The van der Waals surface area contributed by atoms with Gasteiger partial charge >= 0.3 is 0 Å². The van der Waals surface area contributed by atoms with E-state index in [-0.39, 0.29) is 5.56 Å². The van der Waals surface area contributed by atoms with Crippen molar-refractivity contribution in [1.82, 2.24) is 14.8 Å². The number of hydrogen-bond donors (Lipinski definition) is 1. The van der Waals surface area contributed by atoms with Gasteiger partial charge in [0, 0.05) is 24.2 Å². The summed E-state index contributed by atoms with van der Waals surface area (Å²) in [5.74, 6) is 0. The second-order valence-corrected chi connectivity index (χ2v) is 7.28. The van der Waals surface area contributed by atoms with Gasteiger partial charge in [0.1, 0.15) is 0 Å². The Kier molecular flexibility index (Phi) is 4.73. The van der Waals surface area contributed by atoms with Crippen molar-refractivity contribution in [2.75, 3.05) is 31.2 Å². The third-order valence-corrected chi connectivity index (χ3v) is 5.36. The zero-order chi connectivity index (χ0) is 17.9. The highest BCUT2D eigenvalue weighted by Crippen LogP contribution is 2.27. The molecule has 1 fully saturated rings. The van der Waals surface area contributed by atoms with Crippen molar-refractivity contribution in [3.8, 4) is 5.69 Å². The zero-order valence-corrected chi connectivity index (χ0v) is 15.3. The second-order valence-electron chi connectivity index (χ2n) is 6.10. The maximum Gasteiger partial charge on any atom is 0.271 e. The van der Waals surface area contributed by atoms with E-state index in [1.807, 2.05) is 42.5 Å². The van der Waals surface area contributed by atoms with Crippen LogP contribution in [-0.2, 0) is 4.74 Å². The van der Waals surface area contributed by atoms with E-state index in [4.69, 9.17) is 9.72 Å². The average Bonchev–Trinajstić information content (AvgIpc) is 3.24. The van der Waals surface area contributed by atoms with Crippen molar-refractivity contribution in [3.63, 3.8) is 0 Å². The summed E-state index contributed by atoms with van der Waals surface area (Å²) in [7, 11) is 0. The molecule has 134 valence electrons. The molecule has 4 rings (SSSR count). The van der Waals surface area contributed by atoms with Gasteiger partial charge in [-0.3, -0.25) is 14.6 Å². The van der Waals surface area contributed by atoms with E-state index in [2.05, 4.69) is 16.9 Å². The number of aromatic amines is 1. The molecule has 0 unspecified atom stereocenters. The second kappa shape index (κ2) is 7.31. The van der Waals surface area contributed by atoms with Crippen LogP contribution in [0, 0.1) is 6.92 Å². The molecule has 1 aliphatic rings. The molecule has 0 saturated carbocycles. The van der Waals surface area contributed by atoms with Crippen molar-refractivity contribution >= 4 is 28.6 Å². The summed E-state index contributed by atoms with van der Waals surface area (Å²) < 4.78 is 7.13. The molecular formula is C19H20N4O2S. The molecule has 0 amide bonds. The summed E-state index contributed by atoms with van der Waals surface area (Å²) in [5, 5.41) is 3.85. The minimum absolute atomic E-state index is 0.119. The third kappa shape index (κ3) is 3.49. The number of hydrogen-bond acceptors (Lipinski definition) is 5. The van der Waals surface area contributed by atoms with Crippen LogP contribution in [0.4, 0.5) is 5.13 Å². The maximum absolute atomic E-state index is 12.2. The average molecular weight is 368 g/mol. The molecule has 1 saturated heterocycles. The van der Waals surface area contributed by atoms with Crippen LogP contribution in [0.1, 0.15) is 16.1 Å². The minimum Gasteiger partial charge on any atom is -0.378 e. The maximum atomic E-state index is 12.2. The fourth-order valence-electron chi connectivity index (χ4n) is 2.86. The van der Waals surface area contributed by atoms with Crippen LogP contribution in [-0.4, -0.2) is 41.1 Å². The molecular weight excluding hydrogens is 348 g/mol. The highest BCUT2D eigenvalue weighted by molar-refractivity contribution is 7.15. The molecule has 1 aliphatic heterocycles. The molecule has 0 bridgehead atoms. The van der Waals surface area contributed by atoms with E-state index in [0.717, 1.165) is 47.7 Å². The van der Waals surface area contributed by atoms with E-state index in [1.165, 1.54) is 0 Å². The number of morpholine rings is 1. The van der Waals surface area contributed by atoms with E-state index in [9.17, 15) is 4.79 Å². The Labute approximate surface area is 155 Å². The van der Waals surface area contributed by atoms with Gasteiger partial charge in [0.15, 0.2) is 5.13 Å². The number of benzene rings is 1. The number of aryl methyl sites for hydroxylation is 1. The van der Waals surface area contributed by atoms with Crippen LogP contribution in [0.2, 0.25) is 0 Å². The Bertz CT molecular complexity index is 965. The van der Waals surface area contributed by atoms with Gasteiger partial charge in [0.25, 0.3) is 5.56 Å². The molecule has 7 heteroatoms. The Hall–Kier alpha value is -2.64. The predicted molar refractivity (Wildman–Crippen MR) is 105 cm³/mol. The van der Waals surface area contributed by atoms with Gasteiger partial charge in [-0.15, -0.1) is 11.3 Å². The lowest BCUT2D eigenvalue weighted by atomic mass is 10.2. The lowest BCUT2D eigenvalue weighted by molar-refractivity contribution is 0.122. The third-order valence-electron chi connectivity index (χ3n) is 4.31. The first-order chi connectivity index (χ1) is 12.7. The van der Waals surface area contributed by atoms with Gasteiger partial charge in [0.2, 0.25) is 0 Å². The lowest BCUT2D eigenvalue weighted by Crippen LogP contribution is -2.36. The van der Waals surface area contributed by atoms with Crippen LogP contribution in [0.5, 0.6) is 0 Å². The Morgan fingerprint density at radius 2 is 1.96 bits per heavy atom. The van der Waals surface area contributed by atoms with Crippen LogP contribution < -0.4 is 10.5 Å². The van der Waals surface area contributed by atoms with Gasteiger partial charge in [0.05, 0.1) is 30.2 Å². The largest absolute Gasteiger partial charge is 0.378 e. The number of H-pyrrole nitrogens is 1. The number of aromatic nitrogens is 3. The van der Waals surface area contributed by atoms with Gasteiger partial charge < -0.3 is 9.64 Å². The van der Waals surface area contributed by atoms with Crippen LogP contribution in [0.25, 0.3) is 17.8 Å². The number of anilines is 1. The Morgan fingerprint density at radius 1 is 1.19 bits per heavy atom. The van der Waals surface area contributed by atoms with Crippen LogP contribution in [0.15, 0.2) is 41.3 Å². The van der Waals surface area contributed by atoms with Crippen molar-refractivity contribution < 1.29 is 4.74 Å². The summed E-state index contributed by atoms with van der Waals surface area (Å²) >= 11 is 1.68. The highest BCUT2D eigenvalue weighted by atomic mass is 32.1. The Morgan fingerprint density at radius 3 is 2.73 bits per heavy atom. The molecule has 3 aromatic rings. The quantitative estimate of drug-likeness (QED) is 0.769. The first-order valence-electron chi connectivity index (χ1n) is 8.56. The molecule has 2 aromatic heterocycles. The Balaban J connectivity index is 1.56. The first kappa shape index (κ1) is 16.8. The molecule has 3 heterocycles. The van der Waals surface area contributed by atoms with Crippen LogP contribution >= 0.6 is 11.3 Å². The van der Waals surface area contributed by atoms with E-state index in [1.54, 1.807) is 22.2 Å². The monoisotopic (exact) mass is 368 g/mol. The number of ether oxygens (including phenoxy) is 1. The molecule has 6 nitrogen and oxygen atoms in total. The summed E-state index contributed by atoms with van der Waals surface area (Å²) in [5.41, 5.74) is 2.31. The normalized spacial score (nSPS) is 15.0. The van der Waals surface area contributed by atoms with Gasteiger partial charge in [-0.2, -0.15) is 0 Å². The number of para-hydroxylation sites is 1.